The maximum atomic E-state index is 11.8. The van der Waals surface area contributed by atoms with E-state index in [0.717, 1.165) is 4.31 Å². The van der Waals surface area contributed by atoms with Crippen LogP contribution in [0.2, 0.25) is 0 Å². The van der Waals surface area contributed by atoms with Crippen molar-refractivity contribution < 1.29 is 13.2 Å². The highest BCUT2D eigenvalue weighted by atomic mass is 32.2. The van der Waals surface area contributed by atoms with E-state index in [0.29, 0.717) is 11.8 Å². The van der Waals surface area contributed by atoms with Gasteiger partial charge in [-0.3, -0.25) is 0 Å². The third-order valence-electron chi connectivity index (χ3n) is 2.02. The number of likely N-dealkylation sites (N-methyl/N-ethyl adjacent to an activating group) is 1. The van der Waals surface area contributed by atoms with Crippen molar-refractivity contribution in [3.8, 4) is 6.07 Å². The molecule has 6 heteroatoms. The molecular formula is C10H10N2O3S. The highest BCUT2D eigenvalue weighted by molar-refractivity contribution is 7.89. The summed E-state index contributed by atoms with van der Waals surface area (Å²) in [5.41, 5.74) is 0.386. The van der Waals surface area contributed by atoms with Crippen molar-refractivity contribution in [2.45, 2.75) is 4.90 Å². The van der Waals surface area contributed by atoms with Gasteiger partial charge in [-0.2, -0.15) is 9.57 Å². The molecule has 0 saturated heterocycles. The molecule has 0 aliphatic carbocycles. The number of benzene rings is 1. The van der Waals surface area contributed by atoms with Crippen LogP contribution < -0.4 is 0 Å². The minimum atomic E-state index is -3.63. The van der Waals surface area contributed by atoms with Crippen LogP contribution >= 0.6 is 0 Å². The lowest BCUT2D eigenvalue weighted by molar-refractivity contribution is -0.107. The minimum Gasteiger partial charge on any atom is -0.302 e. The van der Waals surface area contributed by atoms with Gasteiger partial charge in [0.15, 0.2) is 0 Å². The molecule has 0 aromatic heterocycles. The van der Waals surface area contributed by atoms with Crippen LogP contribution in [0.25, 0.3) is 0 Å². The lowest BCUT2D eigenvalue weighted by Crippen LogP contribution is -2.28. The number of nitrogens with zero attached hydrogens (tertiary/aromatic N) is 2. The molecule has 0 bridgehead atoms. The Morgan fingerprint density at radius 3 is 2.38 bits per heavy atom. The van der Waals surface area contributed by atoms with Crippen LogP contribution in [-0.2, 0) is 14.8 Å². The van der Waals surface area contributed by atoms with Crippen molar-refractivity contribution in [3.63, 3.8) is 0 Å². The van der Waals surface area contributed by atoms with E-state index in [1.807, 2.05) is 6.07 Å². The van der Waals surface area contributed by atoms with Gasteiger partial charge in [-0.05, 0) is 24.3 Å². The van der Waals surface area contributed by atoms with Gasteiger partial charge in [0.05, 0.1) is 23.1 Å². The van der Waals surface area contributed by atoms with Crippen molar-refractivity contribution in [3.05, 3.63) is 29.8 Å². The number of rotatable bonds is 4. The Labute approximate surface area is 94.0 Å². The zero-order valence-electron chi connectivity index (χ0n) is 8.62. The molecule has 1 aromatic carbocycles. The lowest BCUT2D eigenvalue weighted by Gasteiger charge is -2.13. The van der Waals surface area contributed by atoms with Gasteiger partial charge in [0.2, 0.25) is 10.0 Å². The van der Waals surface area contributed by atoms with Gasteiger partial charge in [0.1, 0.15) is 6.29 Å². The number of hydrogen-bond acceptors (Lipinski definition) is 4. The van der Waals surface area contributed by atoms with E-state index in [1.54, 1.807) is 0 Å². The summed E-state index contributed by atoms with van der Waals surface area (Å²) in [7, 11) is -2.31. The molecule has 0 amide bonds. The summed E-state index contributed by atoms with van der Waals surface area (Å²) < 4.78 is 24.6. The molecule has 0 saturated carbocycles. The monoisotopic (exact) mass is 238 g/mol. The zero-order chi connectivity index (χ0) is 12.2. The van der Waals surface area contributed by atoms with E-state index in [4.69, 9.17) is 5.26 Å². The molecule has 0 fully saturated rings. The summed E-state index contributed by atoms with van der Waals surface area (Å²) in [6.45, 7) is -0.192. The molecular weight excluding hydrogens is 228 g/mol. The first-order valence-corrected chi connectivity index (χ1v) is 5.86. The maximum absolute atomic E-state index is 11.8. The lowest BCUT2D eigenvalue weighted by atomic mass is 10.2. The highest BCUT2D eigenvalue weighted by Gasteiger charge is 2.19. The molecule has 1 rings (SSSR count). The Morgan fingerprint density at radius 1 is 1.38 bits per heavy atom. The summed E-state index contributed by atoms with van der Waals surface area (Å²) >= 11 is 0. The quantitative estimate of drug-likeness (QED) is 0.710. The van der Waals surface area contributed by atoms with Crippen molar-refractivity contribution in [1.82, 2.24) is 4.31 Å². The fourth-order valence-corrected chi connectivity index (χ4v) is 2.18. The van der Waals surface area contributed by atoms with Crippen LogP contribution in [0.1, 0.15) is 5.56 Å². The average molecular weight is 238 g/mol. The van der Waals surface area contributed by atoms with E-state index >= 15 is 0 Å². The van der Waals surface area contributed by atoms with Gasteiger partial charge in [-0.25, -0.2) is 8.42 Å². The van der Waals surface area contributed by atoms with Gasteiger partial charge < -0.3 is 4.79 Å². The molecule has 0 atom stereocenters. The fraction of sp³-hybridized carbons (Fsp3) is 0.200. The van der Waals surface area contributed by atoms with Crippen molar-refractivity contribution >= 4 is 16.3 Å². The molecule has 0 heterocycles. The van der Waals surface area contributed by atoms with E-state index in [2.05, 4.69) is 0 Å². The molecule has 16 heavy (non-hydrogen) atoms. The van der Waals surface area contributed by atoms with Crippen LogP contribution in [0.15, 0.2) is 29.2 Å². The molecule has 5 nitrogen and oxygen atoms in total. The number of carbonyl (C=O) groups is 1. The molecule has 1 aromatic rings. The molecule has 0 N–H and O–H groups in total. The van der Waals surface area contributed by atoms with Crippen molar-refractivity contribution in [2.24, 2.45) is 0 Å². The topological polar surface area (TPSA) is 78.2 Å². The van der Waals surface area contributed by atoms with Crippen molar-refractivity contribution in [1.29, 1.82) is 5.26 Å². The molecule has 0 unspecified atom stereocenters. The Morgan fingerprint density at radius 2 is 1.94 bits per heavy atom. The average Bonchev–Trinajstić information content (AvgIpc) is 2.29. The smallest absolute Gasteiger partial charge is 0.243 e. The number of nitriles is 1. The first-order chi connectivity index (χ1) is 7.52. The third-order valence-corrected chi connectivity index (χ3v) is 3.86. The SMILES string of the molecule is CN(CC=O)S(=O)(=O)c1ccc(C#N)cc1. The summed E-state index contributed by atoms with van der Waals surface area (Å²) in [4.78, 5) is 10.3. The first-order valence-electron chi connectivity index (χ1n) is 4.42. The minimum absolute atomic E-state index is 0.0656. The predicted octanol–water partition coefficient (Wildman–Crippen LogP) is 0.378. The van der Waals surface area contributed by atoms with Gasteiger partial charge in [0, 0.05) is 7.05 Å². The highest BCUT2D eigenvalue weighted by Crippen LogP contribution is 2.14. The predicted molar refractivity (Wildman–Crippen MR) is 57.0 cm³/mol. The second-order valence-electron chi connectivity index (χ2n) is 3.09. The van der Waals surface area contributed by atoms with E-state index < -0.39 is 10.0 Å². The maximum Gasteiger partial charge on any atom is 0.243 e. The molecule has 0 aliphatic heterocycles. The van der Waals surface area contributed by atoms with Crippen LogP contribution in [0.5, 0.6) is 0 Å². The van der Waals surface area contributed by atoms with Crippen molar-refractivity contribution in [2.75, 3.05) is 13.6 Å². The van der Waals surface area contributed by atoms with E-state index in [-0.39, 0.29) is 11.4 Å². The molecule has 0 spiro atoms. The Balaban J connectivity index is 3.08. The van der Waals surface area contributed by atoms with Crippen LogP contribution in [-0.4, -0.2) is 32.6 Å². The van der Waals surface area contributed by atoms with Crippen LogP contribution in [0.3, 0.4) is 0 Å². The summed E-state index contributed by atoms with van der Waals surface area (Å²) in [6, 6.07) is 7.42. The Kier molecular flexibility index (Phi) is 3.77. The Hall–Kier alpha value is -1.71. The number of carbonyl (C=O) groups excluding carboxylic acids is 1. The van der Waals surface area contributed by atoms with E-state index in [1.165, 1.54) is 31.3 Å². The molecule has 84 valence electrons. The zero-order valence-corrected chi connectivity index (χ0v) is 9.44. The molecule has 0 radical (unpaired) electrons. The van der Waals surface area contributed by atoms with Gasteiger partial charge in [0.25, 0.3) is 0 Å². The number of aldehydes is 1. The second kappa shape index (κ2) is 4.88. The largest absolute Gasteiger partial charge is 0.302 e. The first kappa shape index (κ1) is 12.4. The molecule has 0 aliphatic rings. The summed E-state index contributed by atoms with van der Waals surface area (Å²) in [5.74, 6) is 0. The second-order valence-corrected chi connectivity index (χ2v) is 5.13. The van der Waals surface area contributed by atoms with Gasteiger partial charge >= 0.3 is 0 Å². The number of hydrogen-bond donors (Lipinski definition) is 0. The normalized spacial score (nSPS) is 11.1. The number of sulfonamides is 1. The standard InChI is InChI=1S/C10H10N2O3S/c1-12(6-7-13)16(14,15)10-4-2-9(8-11)3-5-10/h2-5,7H,6H2,1H3. The van der Waals surface area contributed by atoms with Crippen LogP contribution in [0.4, 0.5) is 0 Å². The summed E-state index contributed by atoms with van der Waals surface area (Å²) in [5, 5.41) is 8.57. The van der Waals surface area contributed by atoms with E-state index in [9.17, 15) is 13.2 Å². The van der Waals surface area contributed by atoms with Gasteiger partial charge in [-0.15, -0.1) is 0 Å². The van der Waals surface area contributed by atoms with Gasteiger partial charge in [-0.1, -0.05) is 0 Å². The van der Waals surface area contributed by atoms with Crippen LogP contribution in [0, 0.1) is 11.3 Å². The Bertz CT molecular complexity index is 514. The summed E-state index contributed by atoms with van der Waals surface area (Å²) in [6.07, 6.45) is 0.515. The fourth-order valence-electron chi connectivity index (χ4n) is 1.08. The third kappa shape index (κ3) is 2.45.